The number of H-pyrrole nitrogens is 1. The van der Waals surface area contributed by atoms with Crippen molar-refractivity contribution in [3.8, 4) is 6.07 Å². The van der Waals surface area contributed by atoms with Crippen LogP contribution in [0.4, 0.5) is 24.8 Å². The number of rotatable bonds is 5. The molecule has 9 nitrogen and oxygen atoms in total. The summed E-state index contributed by atoms with van der Waals surface area (Å²) in [6.07, 6.45) is 0.903. The first-order valence-electron chi connectivity index (χ1n) is 10.6. The second-order valence-corrected chi connectivity index (χ2v) is 8.26. The molecule has 0 radical (unpaired) electrons. The van der Waals surface area contributed by atoms with Gasteiger partial charge in [0.1, 0.15) is 17.7 Å². The summed E-state index contributed by atoms with van der Waals surface area (Å²) < 4.78 is 39.9. The third-order valence-corrected chi connectivity index (χ3v) is 6.14. The van der Waals surface area contributed by atoms with Crippen LogP contribution in [0.5, 0.6) is 0 Å². The molecule has 0 aliphatic carbocycles. The van der Waals surface area contributed by atoms with Crippen LogP contribution in [0.1, 0.15) is 33.6 Å². The van der Waals surface area contributed by atoms with Gasteiger partial charge in [-0.3, -0.25) is 19.8 Å². The first-order chi connectivity index (χ1) is 16.3. The number of nitrogens with zero attached hydrogens (tertiary/aromatic N) is 6. The highest BCUT2D eigenvalue weighted by molar-refractivity contribution is 5.97. The number of likely N-dealkylation sites (tertiary alicyclic amines) is 2. The van der Waals surface area contributed by atoms with Gasteiger partial charge in [-0.15, -0.1) is 0 Å². The predicted octanol–water partition coefficient (Wildman–Crippen LogP) is 2.93. The van der Waals surface area contributed by atoms with Crippen LogP contribution in [0.2, 0.25) is 0 Å². The monoisotopic (exact) mass is 468 g/mol. The molecule has 1 amide bonds. The van der Waals surface area contributed by atoms with Crippen LogP contribution in [0, 0.1) is 11.3 Å². The summed E-state index contributed by atoms with van der Waals surface area (Å²) in [5, 5.41) is 19.1. The van der Waals surface area contributed by atoms with E-state index >= 15 is 0 Å². The molecule has 12 heteroatoms. The molecule has 2 N–H and O–H groups in total. The third kappa shape index (κ3) is 4.06. The van der Waals surface area contributed by atoms with Gasteiger partial charge in [-0.25, -0.2) is 4.98 Å². The summed E-state index contributed by atoms with van der Waals surface area (Å²) in [5.41, 5.74) is -1.18. The molecule has 3 aromatic rings. The summed E-state index contributed by atoms with van der Waals surface area (Å²) >= 11 is 0. The molecule has 1 aromatic carbocycles. The maximum absolute atomic E-state index is 13.3. The molecule has 4 heterocycles. The number of nitrogens with one attached hydrogen (secondary N) is 2. The molecule has 2 aliphatic heterocycles. The Morgan fingerprint density at radius 3 is 2.76 bits per heavy atom. The summed E-state index contributed by atoms with van der Waals surface area (Å²) in [5.74, 6) is 0.712. The van der Waals surface area contributed by atoms with Gasteiger partial charge in [0.15, 0.2) is 0 Å². The van der Waals surface area contributed by atoms with Crippen LogP contribution in [-0.2, 0) is 12.7 Å². The maximum Gasteiger partial charge on any atom is 0.417 e. The summed E-state index contributed by atoms with van der Waals surface area (Å²) in [6.45, 7) is 1.48. The number of nitriles is 1. The summed E-state index contributed by atoms with van der Waals surface area (Å²) in [4.78, 5) is 25.7. The van der Waals surface area contributed by atoms with Gasteiger partial charge in [0.25, 0.3) is 5.91 Å². The molecule has 2 atom stereocenters. The highest BCUT2D eigenvalue weighted by Crippen LogP contribution is 2.36. The lowest BCUT2D eigenvalue weighted by Crippen LogP contribution is -2.48. The van der Waals surface area contributed by atoms with Gasteiger partial charge in [-0.2, -0.15) is 23.5 Å². The lowest BCUT2D eigenvalue weighted by atomic mass is 10.00. The number of hydrogen-bond acceptors (Lipinski definition) is 7. The van der Waals surface area contributed by atoms with E-state index in [0.29, 0.717) is 37.7 Å². The quantitative estimate of drug-likeness (QED) is 0.592. The highest BCUT2D eigenvalue weighted by atomic mass is 19.4. The van der Waals surface area contributed by atoms with Crippen LogP contribution in [0.15, 0.2) is 42.9 Å². The number of halogens is 3. The number of carbonyl (C=O) groups excluding carboxylic acids is 1. The number of carbonyl (C=O) groups is 1. The van der Waals surface area contributed by atoms with Crippen molar-refractivity contribution in [2.45, 2.75) is 31.2 Å². The Morgan fingerprint density at radius 1 is 1.24 bits per heavy atom. The van der Waals surface area contributed by atoms with Crippen LogP contribution in [0.3, 0.4) is 0 Å². The molecule has 2 fully saturated rings. The Hall–Kier alpha value is -3.98. The third-order valence-electron chi connectivity index (χ3n) is 6.14. The van der Waals surface area contributed by atoms with Gasteiger partial charge in [0, 0.05) is 44.0 Å². The molecule has 2 saturated heterocycles. The van der Waals surface area contributed by atoms with Crippen molar-refractivity contribution < 1.29 is 18.0 Å². The van der Waals surface area contributed by atoms with Crippen molar-refractivity contribution in [2.75, 3.05) is 18.4 Å². The minimum atomic E-state index is -4.70. The van der Waals surface area contributed by atoms with Crippen molar-refractivity contribution >= 4 is 17.5 Å². The molecule has 2 aliphatic rings. The Kier molecular flexibility index (Phi) is 5.41. The first-order valence-corrected chi connectivity index (χ1v) is 10.6. The molecule has 0 unspecified atom stereocenters. The minimum absolute atomic E-state index is 0.0521. The second kappa shape index (κ2) is 8.42. The Labute approximate surface area is 192 Å². The zero-order valence-electron chi connectivity index (χ0n) is 17.8. The molecule has 2 bridgehead atoms. The van der Waals surface area contributed by atoms with E-state index in [0.717, 1.165) is 11.8 Å². The molecule has 2 aromatic heterocycles. The number of hydrogen-bond donors (Lipinski definition) is 2. The van der Waals surface area contributed by atoms with Gasteiger partial charge in [0.2, 0.25) is 0 Å². The summed E-state index contributed by atoms with van der Waals surface area (Å²) in [6, 6.07) is 6.53. The zero-order valence-corrected chi connectivity index (χ0v) is 17.8. The van der Waals surface area contributed by atoms with E-state index < -0.39 is 23.2 Å². The Morgan fingerprint density at radius 2 is 2.09 bits per heavy atom. The topological polar surface area (TPSA) is 114 Å². The SMILES string of the molecule is N#Cc1c(C(=O)N2C[C@H]3C[C@@H]2CN3Cc2cncc(Nc3ccn[nH]3)n2)cccc1C(F)(F)F. The van der Waals surface area contributed by atoms with Crippen molar-refractivity contribution in [1.29, 1.82) is 5.26 Å². The van der Waals surface area contributed by atoms with Crippen molar-refractivity contribution in [2.24, 2.45) is 0 Å². The Bertz CT molecular complexity index is 1250. The molecule has 0 spiro atoms. The number of amides is 1. The molecular formula is C22H19F3N8O. The fourth-order valence-electron chi connectivity index (χ4n) is 4.65. The van der Waals surface area contributed by atoms with Gasteiger partial charge in [-0.05, 0) is 18.6 Å². The van der Waals surface area contributed by atoms with E-state index in [1.807, 2.05) is 0 Å². The van der Waals surface area contributed by atoms with E-state index in [2.05, 4.69) is 30.4 Å². The van der Waals surface area contributed by atoms with Gasteiger partial charge < -0.3 is 10.2 Å². The smallest absolute Gasteiger partial charge is 0.333 e. The van der Waals surface area contributed by atoms with Crippen LogP contribution in [-0.4, -0.2) is 61.0 Å². The lowest BCUT2D eigenvalue weighted by Gasteiger charge is -2.34. The van der Waals surface area contributed by atoms with E-state index in [1.165, 1.54) is 12.1 Å². The predicted molar refractivity (Wildman–Crippen MR) is 114 cm³/mol. The van der Waals surface area contributed by atoms with Crippen LogP contribution >= 0.6 is 0 Å². The van der Waals surface area contributed by atoms with E-state index in [-0.39, 0.29) is 17.6 Å². The zero-order chi connectivity index (χ0) is 23.9. The maximum atomic E-state index is 13.3. The Balaban J connectivity index is 1.27. The average molecular weight is 468 g/mol. The standard InChI is InChI=1S/C22H19F3N8O/c23-22(24,25)18-3-1-2-16(17(18)7-26)21(34)33-12-14-6-15(33)11-32(14)10-13-8-27-9-20(29-13)30-19-4-5-28-31-19/h1-5,8-9,14-15H,6,10-12H2,(H2,28,29,30,31)/t14-,15-/m1/s1. The number of alkyl halides is 3. The molecule has 174 valence electrons. The van der Waals surface area contributed by atoms with Crippen LogP contribution in [0.25, 0.3) is 0 Å². The van der Waals surface area contributed by atoms with Crippen molar-refractivity contribution in [3.05, 3.63) is 65.2 Å². The van der Waals surface area contributed by atoms with Crippen molar-refractivity contribution in [1.82, 2.24) is 30.0 Å². The molecule has 34 heavy (non-hydrogen) atoms. The lowest BCUT2D eigenvalue weighted by molar-refractivity contribution is -0.137. The molecule has 0 saturated carbocycles. The number of fused-ring (bicyclic) bond motifs is 2. The van der Waals surface area contributed by atoms with Gasteiger partial charge in [0.05, 0.1) is 34.8 Å². The molecular weight excluding hydrogens is 449 g/mol. The average Bonchev–Trinajstić information content (AvgIpc) is 3.55. The van der Waals surface area contributed by atoms with E-state index in [1.54, 1.807) is 35.6 Å². The first kappa shape index (κ1) is 21.8. The van der Waals surface area contributed by atoms with E-state index in [9.17, 15) is 23.2 Å². The normalized spacial score (nSPS) is 19.9. The number of aromatic amines is 1. The number of benzene rings is 1. The van der Waals surface area contributed by atoms with Crippen LogP contribution < -0.4 is 5.32 Å². The number of anilines is 2. The van der Waals surface area contributed by atoms with Gasteiger partial charge >= 0.3 is 6.18 Å². The number of aromatic nitrogens is 4. The fraction of sp³-hybridized carbons (Fsp3) is 0.318. The minimum Gasteiger partial charge on any atom is -0.333 e. The fourth-order valence-corrected chi connectivity index (χ4v) is 4.65. The molecule has 5 rings (SSSR count). The van der Waals surface area contributed by atoms with E-state index in [4.69, 9.17) is 0 Å². The van der Waals surface area contributed by atoms with Gasteiger partial charge in [-0.1, -0.05) is 6.07 Å². The number of piperazine rings is 1. The largest absolute Gasteiger partial charge is 0.417 e. The summed E-state index contributed by atoms with van der Waals surface area (Å²) in [7, 11) is 0. The second-order valence-electron chi connectivity index (χ2n) is 8.26. The highest BCUT2D eigenvalue weighted by Gasteiger charge is 2.46. The van der Waals surface area contributed by atoms with Crippen molar-refractivity contribution in [3.63, 3.8) is 0 Å².